The van der Waals surface area contributed by atoms with E-state index in [0.29, 0.717) is 11.0 Å². The zero-order valence-electron chi connectivity index (χ0n) is 11.2. The lowest BCUT2D eigenvalue weighted by atomic mass is 10.1. The van der Waals surface area contributed by atoms with Crippen LogP contribution in [0.15, 0.2) is 22.7 Å². The molecule has 0 atom stereocenters. The highest BCUT2D eigenvalue weighted by atomic mass is 79.9. The number of anilines is 1. The molecule has 0 amide bonds. The van der Waals surface area contributed by atoms with Crippen LogP contribution >= 0.6 is 27.7 Å². The summed E-state index contributed by atoms with van der Waals surface area (Å²) in [6.07, 6.45) is 2.16. The van der Waals surface area contributed by atoms with Crippen LogP contribution in [0.1, 0.15) is 31.2 Å². The number of alkyl halides is 3. The summed E-state index contributed by atoms with van der Waals surface area (Å²) in [6.45, 7) is 0.582. The molecular weight excluding hydrogens is 351 g/mol. The summed E-state index contributed by atoms with van der Waals surface area (Å²) >= 11 is 4.86. The van der Waals surface area contributed by atoms with Crippen molar-refractivity contribution in [3.05, 3.63) is 28.2 Å². The summed E-state index contributed by atoms with van der Waals surface area (Å²) in [5.41, 5.74) is -0.442. The van der Waals surface area contributed by atoms with Gasteiger partial charge in [0.2, 0.25) is 0 Å². The minimum absolute atomic E-state index is 0.0793. The molecule has 2 rings (SSSR count). The lowest BCUT2D eigenvalue weighted by molar-refractivity contribution is -0.137. The number of hydrogen-bond donors (Lipinski definition) is 1. The van der Waals surface area contributed by atoms with Crippen molar-refractivity contribution in [3.63, 3.8) is 0 Å². The number of rotatable bonds is 4. The molecule has 1 aliphatic rings. The molecule has 1 nitrogen and oxygen atoms in total. The molecule has 0 saturated heterocycles. The Hall–Kier alpha value is -0.360. The van der Waals surface area contributed by atoms with Gasteiger partial charge in [-0.15, -0.1) is 0 Å². The van der Waals surface area contributed by atoms with Gasteiger partial charge in [-0.05, 0) is 37.3 Å². The molecule has 0 aromatic heterocycles. The van der Waals surface area contributed by atoms with E-state index < -0.39 is 11.7 Å². The summed E-state index contributed by atoms with van der Waals surface area (Å²) in [4.78, 5) is 0. The van der Waals surface area contributed by atoms with Gasteiger partial charge in [0.25, 0.3) is 0 Å². The molecule has 0 radical (unpaired) electrons. The summed E-state index contributed by atoms with van der Waals surface area (Å²) < 4.78 is 39.6. The fourth-order valence-corrected chi connectivity index (χ4v) is 3.91. The second kappa shape index (κ2) is 6.18. The number of thioether (sulfide) groups is 1. The van der Waals surface area contributed by atoms with Crippen LogP contribution in [0.5, 0.6) is 0 Å². The Morgan fingerprint density at radius 3 is 2.50 bits per heavy atom. The molecule has 6 heteroatoms. The molecule has 1 fully saturated rings. The highest BCUT2D eigenvalue weighted by Crippen LogP contribution is 2.41. The van der Waals surface area contributed by atoms with Crippen molar-refractivity contribution in [2.45, 2.75) is 36.6 Å². The third-order valence-electron chi connectivity index (χ3n) is 3.84. The lowest BCUT2D eigenvalue weighted by Gasteiger charge is -2.28. The van der Waals surface area contributed by atoms with Gasteiger partial charge in [0, 0.05) is 21.5 Å². The molecule has 0 heterocycles. The first-order chi connectivity index (χ1) is 9.36. The van der Waals surface area contributed by atoms with E-state index in [1.807, 2.05) is 6.26 Å². The van der Waals surface area contributed by atoms with Gasteiger partial charge in [0.05, 0.1) is 5.56 Å². The van der Waals surface area contributed by atoms with Crippen molar-refractivity contribution in [2.24, 2.45) is 0 Å². The molecule has 20 heavy (non-hydrogen) atoms. The molecule has 0 aliphatic heterocycles. The minimum atomic E-state index is -4.34. The maximum absolute atomic E-state index is 13.0. The molecule has 1 aromatic carbocycles. The fourth-order valence-electron chi connectivity index (χ4n) is 2.63. The second-order valence-corrected chi connectivity index (χ2v) is 7.33. The van der Waals surface area contributed by atoms with E-state index in [1.54, 1.807) is 17.8 Å². The average Bonchev–Trinajstić information content (AvgIpc) is 2.86. The van der Waals surface area contributed by atoms with Crippen molar-refractivity contribution >= 4 is 33.4 Å². The molecule has 0 unspecified atom stereocenters. The van der Waals surface area contributed by atoms with Gasteiger partial charge in [-0.3, -0.25) is 0 Å². The van der Waals surface area contributed by atoms with Crippen LogP contribution in [-0.4, -0.2) is 17.5 Å². The molecule has 1 N–H and O–H groups in total. The Bertz CT molecular complexity index is 470. The van der Waals surface area contributed by atoms with Crippen molar-refractivity contribution in [1.29, 1.82) is 0 Å². The van der Waals surface area contributed by atoms with E-state index in [2.05, 4.69) is 21.2 Å². The molecule has 1 aliphatic carbocycles. The van der Waals surface area contributed by atoms with Crippen LogP contribution in [0.4, 0.5) is 18.9 Å². The quantitative estimate of drug-likeness (QED) is 0.747. The van der Waals surface area contributed by atoms with Crippen LogP contribution in [0.25, 0.3) is 0 Å². The normalized spacial score (nSPS) is 18.2. The fraction of sp³-hybridized carbons (Fsp3) is 0.571. The van der Waals surface area contributed by atoms with E-state index >= 15 is 0 Å². The van der Waals surface area contributed by atoms with Gasteiger partial charge in [-0.2, -0.15) is 24.9 Å². The number of nitrogens with one attached hydrogen (secondary N) is 1. The molecule has 1 aromatic rings. The maximum Gasteiger partial charge on any atom is 0.418 e. The number of hydrogen-bond acceptors (Lipinski definition) is 2. The summed E-state index contributed by atoms with van der Waals surface area (Å²) in [6, 6.07) is 4.26. The zero-order valence-corrected chi connectivity index (χ0v) is 13.6. The smallest absolute Gasteiger partial charge is 0.383 e. The monoisotopic (exact) mass is 367 g/mol. The van der Waals surface area contributed by atoms with Crippen molar-refractivity contribution in [3.8, 4) is 0 Å². The Balaban J connectivity index is 2.17. The predicted octanol–water partition coefficient (Wildman–Crippen LogP) is 5.56. The third kappa shape index (κ3) is 3.64. The Morgan fingerprint density at radius 2 is 1.95 bits per heavy atom. The first kappa shape index (κ1) is 16.0. The molecule has 0 bridgehead atoms. The molecule has 112 valence electrons. The number of benzene rings is 1. The Morgan fingerprint density at radius 1 is 1.30 bits per heavy atom. The van der Waals surface area contributed by atoms with Crippen LogP contribution in [0.3, 0.4) is 0 Å². The SMILES string of the molecule is CSC1(CNc2ccc(Br)cc2C(F)(F)F)CCCC1. The van der Waals surface area contributed by atoms with E-state index in [1.165, 1.54) is 6.07 Å². The summed E-state index contributed by atoms with van der Waals surface area (Å²) in [7, 11) is 0. The Labute approximate surface area is 129 Å². The van der Waals surface area contributed by atoms with E-state index in [-0.39, 0.29) is 10.4 Å². The molecule has 1 saturated carbocycles. The Kier molecular flexibility index (Phi) is 4.95. The first-order valence-corrected chi connectivity index (χ1v) is 8.54. The van der Waals surface area contributed by atoms with Crippen molar-refractivity contribution in [2.75, 3.05) is 18.1 Å². The lowest BCUT2D eigenvalue weighted by Crippen LogP contribution is -2.30. The van der Waals surface area contributed by atoms with Crippen LogP contribution in [0.2, 0.25) is 0 Å². The summed E-state index contributed by atoms with van der Waals surface area (Å²) in [5, 5.41) is 3.02. The largest absolute Gasteiger partial charge is 0.418 e. The minimum Gasteiger partial charge on any atom is -0.383 e. The highest BCUT2D eigenvalue weighted by Gasteiger charge is 2.36. The van der Waals surface area contributed by atoms with Crippen LogP contribution < -0.4 is 5.32 Å². The van der Waals surface area contributed by atoms with Crippen LogP contribution in [-0.2, 0) is 6.18 Å². The maximum atomic E-state index is 13.0. The topological polar surface area (TPSA) is 12.0 Å². The van der Waals surface area contributed by atoms with E-state index in [0.717, 1.165) is 31.7 Å². The average molecular weight is 368 g/mol. The second-order valence-electron chi connectivity index (χ2n) is 5.14. The van der Waals surface area contributed by atoms with Gasteiger partial charge in [-0.1, -0.05) is 28.8 Å². The zero-order chi connectivity index (χ0) is 14.8. The molecular formula is C14H17BrF3NS. The third-order valence-corrected chi connectivity index (χ3v) is 5.75. The first-order valence-electron chi connectivity index (χ1n) is 6.52. The summed E-state index contributed by atoms with van der Waals surface area (Å²) in [5.74, 6) is 0. The van der Waals surface area contributed by atoms with Gasteiger partial charge < -0.3 is 5.32 Å². The van der Waals surface area contributed by atoms with E-state index in [9.17, 15) is 13.2 Å². The van der Waals surface area contributed by atoms with Gasteiger partial charge in [0.1, 0.15) is 0 Å². The van der Waals surface area contributed by atoms with Crippen LogP contribution in [0, 0.1) is 0 Å². The predicted molar refractivity (Wildman–Crippen MR) is 82.3 cm³/mol. The molecule has 0 spiro atoms. The van der Waals surface area contributed by atoms with Crippen molar-refractivity contribution < 1.29 is 13.2 Å². The highest BCUT2D eigenvalue weighted by molar-refractivity contribution is 9.10. The van der Waals surface area contributed by atoms with E-state index in [4.69, 9.17) is 0 Å². The standard InChI is InChI=1S/C14H17BrF3NS/c1-20-13(6-2-3-7-13)9-19-12-5-4-10(15)8-11(12)14(16,17)18/h4-5,8,19H,2-3,6-7,9H2,1H3. The van der Waals surface area contributed by atoms with Gasteiger partial charge in [-0.25, -0.2) is 0 Å². The van der Waals surface area contributed by atoms with Gasteiger partial charge >= 0.3 is 6.18 Å². The van der Waals surface area contributed by atoms with Gasteiger partial charge in [0.15, 0.2) is 0 Å². The number of halogens is 4. The van der Waals surface area contributed by atoms with Crippen molar-refractivity contribution in [1.82, 2.24) is 0 Å².